The zero-order chi connectivity index (χ0) is 17.2. The number of aromatic hydroxyl groups is 1. The van der Waals surface area contributed by atoms with E-state index in [0.29, 0.717) is 0 Å². The Kier molecular flexibility index (Phi) is 4.59. The first kappa shape index (κ1) is 16.8. The number of benzene rings is 2. The Hall–Kier alpha value is -2.56. The average Bonchev–Trinajstić information content (AvgIpc) is 2.43. The lowest BCUT2D eigenvalue weighted by Crippen LogP contribution is -2.46. The zero-order valence-corrected chi connectivity index (χ0v) is 13.9. The van der Waals surface area contributed by atoms with Crippen LogP contribution in [0.2, 0.25) is 0 Å². The van der Waals surface area contributed by atoms with Gasteiger partial charge in [-0.15, -0.1) is 0 Å². The highest BCUT2D eigenvalue weighted by molar-refractivity contribution is 6.02. The topological polar surface area (TPSA) is 69.6 Å². The molecular weight excluding hydrogens is 292 g/mol. The van der Waals surface area contributed by atoms with Crippen LogP contribution in [-0.4, -0.2) is 41.0 Å². The molecule has 5 heteroatoms. The molecule has 0 heterocycles. The number of hydrogen-bond acceptors (Lipinski definition) is 3. The van der Waals surface area contributed by atoms with E-state index in [9.17, 15) is 14.7 Å². The Labute approximate surface area is 135 Å². The van der Waals surface area contributed by atoms with E-state index in [1.807, 2.05) is 45.0 Å². The van der Waals surface area contributed by atoms with Crippen molar-refractivity contribution in [1.29, 1.82) is 0 Å². The molecule has 0 radical (unpaired) electrons. The highest BCUT2D eigenvalue weighted by atomic mass is 16.3. The van der Waals surface area contributed by atoms with E-state index in [4.69, 9.17) is 0 Å². The van der Waals surface area contributed by atoms with Gasteiger partial charge in [0.1, 0.15) is 5.75 Å². The maximum absolute atomic E-state index is 12.5. The summed E-state index contributed by atoms with van der Waals surface area (Å²) in [6.45, 7) is 5.56. The maximum atomic E-state index is 12.5. The number of amides is 2. The summed E-state index contributed by atoms with van der Waals surface area (Å²) < 4.78 is 0. The van der Waals surface area contributed by atoms with Crippen LogP contribution in [0.4, 0.5) is 0 Å². The Morgan fingerprint density at radius 1 is 1.13 bits per heavy atom. The lowest BCUT2D eigenvalue weighted by molar-refractivity contribution is -0.122. The van der Waals surface area contributed by atoms with E-state index in [0.717, 1.165) is 10.8 Å². The molecule has 0 unspecified atom stereocenters. The van der Waals surface area contributed by atoms with E-state index < -0.39 is 5.91 Å². The number of nitrogens with one attached hydrogen (secondary N) is 1. The van der Waals surface area contributed by atoms with Gasteiger partial charge in [-0.3, -0.25) is 9.59 Å². The van der Waals surface area contributed by atoms with E-state index in [1.54, 1.807) is 19.2 Å². The van der Waals surface area contributed by atoms with Gasteiger partial charge in [0.05, 0.1) is 12.1 Å². The zero-order valence-electron chi connectivity index (χ0n) is 13.9. The monoisotopic (exact) mass is 314 g/mol. The summed E-state index contributed by atoms with van der Waals surface area (Å²) >= 11 is 0. The molecule has 2 aromatic carbocycles. The quantitative estimate of drug-likeness (QED) is 0.914. The van der Waals surface area contributed by atoms with Crippen molar-refractivity contribution >= 4 is 22.6 Å². The lowest BCUT2D eigenvalue weighted by Gasteiger charge is -2.23. The van der Waals surface area contributed by atoms with Gasteiger partial charge in [0.25, 0.3) is 5.91 Å². The predicted molar refractivity (Wildman–Crippen MR) is 90.5 cm³/mol. The van der Waals surface area contributed by atoms with Crippen molar-refractivity contribution in [2.24, 2.45) is 0 Å². The number of phenolic OH excluding ortho intramolecular Hbond substituents is 1. The Bertz CT molecular complexity index is 748. The molecule has 23 heavy (non-hydrogen) atoms. The molecule has 2 aromatic rings. The molecule has 0 aliphatic rings. The number of rotatable bonds is 3. The highest BCUT2D eigenvalue weighted by Crippen LogP contribution is 2.25. The first-order valence-corrected chi connectivity index (χ1v) is 7.45. The minimum atomic E-state index is -0.391. The molecule has 0 aliphatic heterocycles. The molecule has 0 atom stereocenters. The molecular formula is C18H22N2O3. The SMILES string of the molecule is CN(CC(=O)NC(C)(C)C)C(=O)c1cc2ccccc2cc1O. The van der Waals surface area contributed by atoms with Crippen LogP contribution in [0.3, 0.4) is 0 Å². The average molecular weight is 314 g/mol. The minimum absolute atomic E-state index is 0.0671. The molecule has 0 spiro atoms. The van der Waals surface area contributed by atoms with Gasteiger partial charge in [-0.2, -0.15) is 0 Å². The number of nitrogens with zero attached hydrogens (tertiary/aromatic N) is 1. The molecule has 5 nitrogen and oxygen atoms in total. The third-order valence-electron chi connectivity index (χ3n) is 3.34. The van der Waals surface area contributed by atoms with Crippen LogP contribution in [0, 0.1) is 0 Å². The first-order chi connectivity index (χ1) is 10.7. The van der Waals surface area contributed by atoms with Gasteiger partial charge in [0.15, 0.2) is 0 Å². The van der Waals surface area contributed by atoms with Crippen molar-refractivity contribution < 1.29 is 14.7 Å². The highest BCUT2D eigenvalue weighted by Gasteiger charge is 2.21. The molecule has 2 N–H and O–H groups in total. The van der Waals surface area contributed by atoms with Crippen LogP contribution < -0.4 is 5.32 Å². The second-order valence-corrected chi connectivity index (χ2v) is 6.68. The molecule has 122 valence electrons. The Morgan fingerprint density at radius 2 is 1.70 bits per heavy atom. The summed E-state index contributed by atoms with van der Waals surface area (Å²) in [5.41, 5.74) is -0.166. The largest absolute Gasteiger partial charge is 0.507 e. The smallest absolute Gasteiger partial charge is 0.257 e. The molecule has 0 aromatic heterocycles. The molecule has 0 saturated carbocycles. The number of likely N-dealkylation sites (N-methyl/N-ethyl adjacent to an activating group) is 1. The molecule has 2 amide bonds. The molecule has 0 aliphatic carbocycles. The molecule has 0 bridgehead atoms. The van der Waals surface area contributed by atoms with Crippen LogP contribution in [0.5, 0.6) is 5.75 Å². The van der Waals surface area contributed by atoms with Crippen LogP contribution in [-0.2, 0) is 4.79 Å². The van der Waals surface area contributed by atoms with Crippen molar-refractivity contribution in [3.8, 4) is 5.75 Å². The van der Waals surface area contributed by atoms with Gasteiger partial charge in [0, 0.05) is 12.6 Å². The van der Waals surface area contributed by atoms with Crippen molar-refractivity contribution in [2.45, 2.75) is 26.3 Å². The summed E-state index contributed by atoms with van der Waals surface area (Å²) in [6, 6.07) is 10.7. The fourth-order valence-electron chi connectivity index (χ4n) is 2.35. The van der Waals surface area contributed by atoms with Gasteiger partial charge >= 0.3 is 0 Å². The molecule has 2 rings (SSSR count). The summed E-state index contributed by atoms with van der Waals surface area (Å²) in [5.74, 6) is -0.720. The van der Waals surface area contributed by atoms with E-state index in [1.165, 1.54) is 4.90 Å². The Morgan fingerprint density at radius 3 is 2.26 bits per heavy atom. The molecule has 0 saturated heterocycles. The normalized spacial score (nSPS) is 11.3. The lowest BCUT2D eigenvalue weighted by atomic mass is 10.0. The Balaban J connectivity index is 2.19. The summed E-state index contributed by atoms with van der Waals surface area (Å²) in [6.07, 6.45) is 0. The number of hydrogen-bond donors (Lipinski definition) is 2. The maximum Gasteiger partial charge on any atom is 0.257 e. The van der Waals surface area contributed by atoms with E-state index in [2.05, 4.69) is 5.32 Å². The van der Waals surface area contributed by atoms with Crippen molar-refractivity contribution in [1.82, 2.24) is 10.2 Å². The van der Waals surface area contributed by atoms with Gasteiger partial charge in [-0.05, 0) is 43.7 Å². The number of fused-ring (bicyclic) bond motifs is 1. The first-order valence-electron chi connectivity index (χ1n) is 7.45. The van der Waals surface area contributed by atoms with Crippen LogP contribution in [0.15, 0.2) is 36.4 Å². The van der Waals surface area contributed by atoms with Crippen LogP contribution >= 0.6 is 0 Å². The van der Waals surface area contributed by atoms with E-state index in [-0.39, 0.29) is 29.3 Å². The van der Waals surface area contributed by atoms with Crippen LogP contribution in [0.25, 0.3) is 10.8 Å². The summed E-state index contributed by atoms with van der Waals surface area (Å²) in [5, 5.41) is 14.6. The van der Waals surface area contributed by atoms with E-state index >= 15 is 0 Å². The predicted octanol–water partition coefficient (Wildman–Crippen LogP) is 2.53. The van der Waals surface area contributed by atoms with Gasteiger partial charge in [-0.1, -0.05) is 24.3 Å². The minimum Gasteiger partial charge on any atom is -0.507 e. The van der Waals surface area contributed by atoms with Gasteiger partial charge in [-0.25, -0.2) is 0 Å². The number of carbonyl (C=O) groups is 2. The van der Waals surface area contributed by atoms with Crippen molar-refractivity contribution in [3.63, 3.8) is 0 Å². The summed E-state index contributed by atoms with van der Waals surface area (Å²) in [4.78, 5) is 25.7. The number of carbonyl (C=O) groups excluding carboxylic acids is 2. The summed E-state index contributed by atoms with van der Waals surface area (Å²) in [7, 11) is 1.54. The van der Waals surface area contributed by atoms with Crippen molar-refractivity contribution in [2.75, 3.05) is 13.6 Å². The number of phenols is 1. The second-order valence-electron chi connectivity index (χ2n) is 6.68. The van der Waals surface area contributed by atoms with Crippen LogP contribution in [0.1, 0.15) is 31.1 Å². The third-order valence-corrected chi connectivity index (χ3v) is 3.34. The fourth-order valence-corrected chi connectivity index (χ4v) is 2.35. The van der Waals surface area contributed by atoms with Crippen molar-refractivity contribution in [3.05, 3.63) is 42.0 Å². The second kappa shape index (κ2) is 6.28. The van der Waals surface area contributed by atoms with Gasteiger partial charge in [0.2, 0.25) is 5.91 Å². The van der Waals surface area contributed by atoms with Gasteiger partial charge < -0.3 is 15.3 Å². The third kappa shape index (κ3) is 4.22. The standard InChI is InChI=1S/C18H22N2O3/c1-18(2,3)19-16(22)11-20(4)17(23)14-9-12-7-5-6-8-13(12)10-15(14)21/h5-10,21H,11H2,1-4H3,(H,19,22). The fraction of sp³-hybridized carbons (Fsp3) is 0.333. The molecule has 0 fully saturated rings.